The van der Waals surface area contributed by atoms with E-state index in [1.165, 1.54) is 30.5 Å². The third-order valence-corrected chi connectivity index (χ3v) is 8.29. The van der Waals surface area contributed by atoms with Crippen molar-refractivity contribution in [2.24, 2.45) is 17.8 Å². The zero-order valence-corrected chi connectivity index (χ0v) is 16.4. The number of rotatable bonds is 4. The van der Waals surface area contributed by atoms with E-state index in [1.807, 2.05) is 6.07 Å². The number of carbonyl (C=O) groups is 1. The molecule has 0 N–H and O–H groups in total. The Morgan fingerprint density at radius 3 is 2.89 bits per heavy atom. The summed E-state index contributed by atoms with van der Waals surface area (Å²) < 4.78 is 12.1. The second-order valence-corrected chi connectivity index (χ2v) is 9.49. The molecule has 144 valence electrons. The molecule has 5 aliphatic rings. The number of hydrogen-bond donors (Lipinski definition) is 0. The van der Waals surface area contributed by atoms with E-state index in [1.54, 1.807) is 7.11 Å². The van der Waals surface area contributed by atoms with E-state index >= 15 is 0 Å². The molecule has 6 rings (SSSR count). The van der Waals surface area contributed by atoms with Crippen LogP contribution in [-0.2, 0) is 16.6 Å². The fourth-order valence-electron chi connectivity index (χ4n) is 7.06. The fraction of sp³-hybridized carbons (Fsp3) is 0.696. The van der Waals surface area contributed by atoms with Crippen molar-refractivity contribution in [3.63, 3.8) is 0 Å². The topological polar surface area (TPSA) is 38.8 Å². The molecule has 2 bridgehead atoms. The lowest BCUT2D eigenvalue weighted by Crippen LogP contribution is -2.68. The molecule has 2 heterocycles. The van der Waals surface area contributed by atoms with Crippen molar-refractivity contribution in [3.05, 3.63) is 23.3 Å². The molecule has 27 heavy (non-hydrogen) atoms. The van der Waals surface area contributed by atoms with E-state index < -0.39 is 0 Å². The average molecular weight is 367 g/mol. The van der Waals surface area contributed by atoms with Gasteiger partial charge in [-0.25, -0.2) is 0 Å². The Labute approximate surface area is 161 Å². The SMILES string of the molecule is CC[C@H]1CC(=O)[C@@H]2Oc3c(OC)ccc4c3[C@@]23CCN(CC2CC2)[C@H](C4)[C@H]13. The van der Waals surface area contributed by atoms with Crippen LogP contribution in [0.2, 0.25) is 0 Å². The third-order valence-electron chi connectivity index (χ3n) is 8.29. The van der Waals surface area contributed by atoms with Gasteiger partial charge in [0, 0.05) is 30.0 Å². The first-order chi connectivity index (χ1) is 13.2. The highest BCUT2D eigenvalue weighted by molar-refractivity contribution is 5.89. The van der Waals surface area contributed by atoms with Crippen molar-refractivity contribution in [3.8, 4) is 11.5 Å². The monoisotopic (exact) mass is 367 g/mol. The van der Waals surface area contributed by atoms with E-state index in [9.17, 15) is 4.79 Å². The van der Waals surface area contributed by atoms with Crippen LogP contribution in [-0.4, -0.2) is 43.0 Å². The van der Waals surface area contributed by atoms with Gasteiger partial charge in [-0.05, 0) is 61.6 Å². The molecule has 1 spiro atoms. The maximum Gasteiger partial charge on any atom is 0.174 e. The van der Waals surface area contributed by atoms with Crippen LogP contribution in [0.5, 0.6) is 11.5 Å². The van der Waals surface area contributed by atoms with Crippen LogP contribution >= 0.6 is 0 Å². The second-order valence-electron chi connectivity index (χ2n) is 9.49. The smallest absolute Gasteiger partial charge is 0.174 e. The highest BCUT2D eigenvalue weighted by atomic mass is 16.5. The first-order valence-electron chi connectivity index (χ1n) is 10.8. The summed E-state index contributed by atoms with van der Waals surface area (Å²) in [6.45, 7) is 4.64. The van der Waals surface area contributed by atoms with Crippen molar-refractivity contribution in [1.29, 1.82) is 0 Å². The molecule has 3 aliphatic carbocycles. The van der Waals surface area contributed by atoms with Gasteiger partial charge in [0.05, 0.1) is 7.11 Å². The number of Topliss-reactive ketones (excluding diaryl/α,β-unsaturated/α-hetero) is 1. The number of piperidine rings is 1. The molecule has 0 aromatic heterocycles. The predicted octanol–water partition coefficient (Wildman–Crippen LogP) is 3.35. The zero-order valence-electron chi connectivity index (χ0n) is 16.4. The number of ether oxygens (including phenoxy) is 2. The molecular weight excluding hydrogens is 338 g/mol. The molecule has 1 aromatic rings. The zero-order chi connectivity index (χ0) is 18.3. The van der Waals surface area contributed by atoms with Crippen molar-refractivity contribution in [1.82, 2.24) is 4.90 Å². The summed E-state index contributed by atoms with van der Waals surface area (Å²) in [6, 6.07) is 4.86. The second kappa shape index (κ2) is 5.50. The number of ketones is 1. The summed E-state index contributed by atoms with van der Waals surface area (Å²) in [5.41, 5.74) is 2.63. The Morgan fingerprint density at radius 2 is 2.15 bits per heavy atom. The minimum absolute atomic E-state index is 0.113. The van der Waals surface area contributed by atoms with Crippen LogP contribution in [0.4, 0.5) is 0 Å². The minimum Gasteiger partial charge on any atom is -0.493 e. The molecule has 3 fully saturated rings. The lowest BCUT2D eigenvalue weighted by atomic mass is 9.48. The maximum absolute atomic E-state index is 13.2. The maximum atomic E-state index is 13.2. The number of nitrogens with zero attached hydrogens (tertiary/aromatic N) is 1. The largest absolute Gasteiger partial charge is 0.493 e. The van der Waals surface area contributed by atoms with Gasteiger partial charge in [-0.2, -0.15) is 0 Å². The quantitative estimate of drug-likeness (QED) is 0.818. The molecule has 1 saturated heterocycles. The molecule has 4 nitrogen and oxygen atoms in total. The summed E-state index contributed by atoms with van der Waals surface area (Å²) in [5.74, 6) is 3.93. The van der Waals surface area contributed by atoms with E-state index in [0.717, 1.165) is 43.2 Å². The van der Waals surface area contributed by atoms with Crippen LogP contribution < -0.4 is 9.47 Å². The summed E-state index contributed by atoms with van der Waals surface area (Å²) in [4.78, 5) is 16.0. The van der Waals surface area contributed by atoms with Gasteiger partial charge < -0.3 is 9.47 Å². The van der Waals surface area contributed by atoms with Crippen LogP contribution in [0, 0.1) is 17.8 Å². The minimum atomic E-state index is -0.291. The molecule has 5 atom stereocenters. The van der Waals surface area contributed by atoms with Gasteiger partial charge in [-0.15, -0.1) is 0 Å². The van der Waals surface area contributed by atoms with E-state index in [-0.39, 0.29) is 11.5 Å². The Balaban J connectivity index is 1.55. The summed E-state index contributed by atoms with van der Waals surface area (Å²) in [7, 11) is 1.71. The van der Waals surface area contributed by atoms with Crippen LogP contribution in [0.25, 0.3) is 0 Å². The van der Waals surface area contributed by atoms with Gasteiger partial charge in [0.15, 0.2) is 23.4 Å². The van der Waals surface area contributed by atoms with Crippen molar-refractivity contribution in [2.75, 3.05) is 20.2 Å². The average Bonchev–Trinajstić information content (AvgIpc) is 3.42. The lowest BCUT2D eigenvalue weighted by molar-refractivity contribution is -0.145. The Kier molecular flexibility index (Phi) is 3.34. The first-order valence-corrected chi connectivity index (χ1v) is 10.8. The molecule has 0 amide bonds. The van der Waals surface area contributed by atoms with Crippen molar-refractivity contribution < 1.29 is 14.3 Å². The molecule has 0 unspecified atom stereocenters. The normalized spacial score (nSPS) is 39.1. The van der Waals surface area contributed by atoms with Gasteiger partial charge in [0.2, 0.25) is 0 Å². The molecule has 1 aromatic carbocycles. The Hall–Kier alpha value is -1.55. The number of benzene rings is 1. The standard InChI is InChI=1S/C23H29NO3/c1-3-14-11-17(25)22-23-8-9-24(12-13-4-5-13)16(19(14)23)10-15-6-7-18(26-2)21(27-22)20(15)23/h6-7,13-14,16,19,22H,3-5,8-12H2,1-2H3/t14-,16+,19-,22-,23-/m0/s1. The highest BCUT2D eigenvalue weighted by Crippen LogP contribution is 2.64. The number of methoxy groups -OCH3 is 1. The van der Waals surface area contributed by atoms with Crippen molar-refractivity contribution in [2.45, 2.75) is 63.0 Å². The van der Waals surface area contributed by atoms with E-state index in [4.69, 9.17) is 9.47 Å². The molecule has 4 heteroatoms. The van der Waals surface area contributed by atoms with Gasteiger partial charge in [-0.1, -0.05) is 19.4 Å². The van der Waals surface area contributed by atoms with Crippen molar-refractivity contribution >= 4 is 5.78 Å². The summed E-state index contributed by atoms with van der Waals surface area (Å²) >= 11 is 0. The summed E-state index contributed by atoms with van der Waals surface area (Å²) in [5, 5.41) is 0. The number of hydrogen-bond acceptors (Lipinski definition) is 4. The Bertz CT molecular complexity index is 816. The summed E-state index contributed by atoms with van der Waals surface area (Å²) in [6.07, 6.45) is 6.45. The Morgan fingerprint density at radius 1 is 1.30 bits per heavy atom. The molecule has 2 saturated carbocycles. The van der Waals surface area contributed by atoms with Crippen LogP contribution in [0.3, 0.4) is 0 Å². The van der Waals surface area contributed by atoms with Gasteiger partial charge in [0.25, 0.3) is 0 Å². The fourth-order valence-corrected chi connectivity index (χ4v) is 7.06. The van der Waals surface area contributed by atoms with Gasteiger partial charge in [0.1, 0.15) is 0 Å². The van der Waals surface area contributed by atoms with E-state index in [2.05, 4.69) is 17.9 Å². The number of carbonyl (C=O) groups excluding carboxylic acids is 1. The third kappa shape index (κ3) is 2.00. The lowest BCUT2D eigenvalue weighted by Gasteiger charge is -2.60. The van der Waals surface area contributed by atoms with E-state index in [0.29, 0.717) is 30.1 Å². The van der Waals surface area contributed by atoms with Crippen LogP contribution in [0.15, 0.2) is 12.1 Å². The highest BCUT2D eigenvalue weighted by Gasteiger charge is 2.68. The van der Waals surface area contributed by atoms with Gasteiger partial charge >= 0.3 is 0 Å². The molecular formula is C23H29NO3. The van der Waals surface area contributed by atoms with Crippen LogP contribution in [0.1, 0.15) is 50.2 Å². The first kappa shape index (κ1) is 16.4. The van der Waals surface area contributed by atoms with Gasteiger partial charge in [-0.3, -0.25) is 9.69 Å². The molecule has 2 aliphatic heterocycles. The molecule has 0 radical (unpaired) electrons. The predicted molar refractivity (Wildman–Crippen MR) is 102 cm³/mol. The number of likely N-dealkylation sites (tertiary alicyclic amines) is 1.